The molecule has 2 rings (SSSR count). The van der Waals surface area contributed by atoms with Crippen LogP contribution in [0.3, 0.4) is 0 Å². The van der Waals surface area contributed by atoms with Gasteiger partial charge in [-0.1, -0.05) is 11.6 Å². The van der Waals surface area contributed by atoms with Gasteiger partial charge in [0.05, 0.1) is 16.6 Å². The van der Waals surface area contributed by atoms with Crippen LogP contribution in [0.1, 0.15) is 23.2 Å². The molecule has 0 spiro atoms. The number of nitrogens with zero attached hydrogens (tertiary/aromatic N) is 1. The van der Waals surface area contributed by atoms with Crippen LogP contribution < -0.4 is 5.32 Å². The first-order chi connectivity index (χ1) is 8.50. The first-order valence-electron chi connectivity index (χ1n) is 5.61. The van der Waals surface area contributed by atoms with Crippen LogP contribution in [0.2, 0.25) is 5.15 Å². The number of halogens is 1. The molecule has 7 heteroatoms. The molecule has 0 radical (unpaired) electrons. The monoisotopic (exact) mass is 288 g/mol. The van der Waals surface area contributed by atoms with E-state index in [1.807, 2.05) is 0 Å². The average Bonchev–Trinajstić information content (AvgIpc) is 2.66. The van der Waals surface area contributed by atoms with E-state index in [1.54, 1.807) is 12.1 Å². The van der Waals surface area contributed by atoms with Crippen molar-refractivity contribution in [2.24, 2.45) is 0 Å². The molecule has 0 aromatic carbocycles. The van der Waals surface area contributed by atoms with Gasteiger partial charge in [-0.05, 0) is 25.0 Å². The lowest BCUT2D eigenvalue weighted by Gasteiger charge is -2.11. The lowest BCUT2D eigenvalue weighted by Crippen LogP contribution is -2.34. The standard InChI is InChI=1S/C11H13ClN2O3S/c12-10-9(4-1-5-13-10)11(15)14-7-8-3-2-6-18(8,16)17/h1,4-5,8H,2-3,6-7H2,(H,14,15). The zero-order chi connectivity index (χ0) is 13.2. The number of carbonyl (C=O) groups is 1. The molecule has 2 heterocycles. The highest BCUT2D eigenvalue weighted by molar-refractivity contribution is 7.92. The smallest absolute Gasteiger partial charge is 0.254 e. The van der Waals surface area contributed by atoms with Crippen molar-refractivity contribution in [2.75, 3.05) is 12.3 Å². The zero-order valence-electron chi connectivity index (χ0n) is 9.60. The summed E-state index contributed by atoms with van der Waals surface area (Å²) in [4.78, 5) is 15.6. The highest BCUT2D eigenvalue weighted by Gasteiger charge is 2.31. The van der Waals surface area contributed by atoms with Crippen molar-refractivity contribution < 1.29 is 13.2 Å². The van der Waals surface area contributed by atoms with E-state index in [0.29, 0.717) is 12.8 Å². The highest BCUT2D eigenvalue weighted by Crippen LogP contribution is 2.19. The number of amides is 1. The number of rotatable bonds is 3. The Balaban J connectivity index is 1.99. The molecule has 1 unspecified atom stereocenters. The summed E-state index contributed by atoms with van der Waals surface area (Å²) in [6.45, 7) is 0.131. The molecule has 1 aromatic heterocycles. The van der Waals surface area contributed by atoms with Crippen molar-refractivity contribution >= 4 is 27.3 Å². The van der Waals surface area contributed by atoms with Crippen molar-refractivity contribution in [1.29, 1.82) is 0 Å². The molecular weight excluding hydrogens is 276 g/mol. The van der Waals surface area contributed by atoms with E-state index in [0.717, 1.165) is 0 Å². The van der Waals surface area contributed by atoms with Gasteiger partial charge in [-0.15, -0.1) is 0 Å². The topological polar surface area (TPSA) is 76.1 Å². The van der Waals surface area contributed by atoms with Crippen molar-refractivity contribution in [3.63, 3.8) is 0 Å². The predicted octanol–water partition coefficient (Wildman–Crippen LogP) is 1.04. The summed E-state index contributed by atoms with van der Waals surface area (Å²) >= 11 is 5.78. The third-order valence-corrected chi connectivity index (χ3v) is 5.53. The molecule has 0 bridgehead atoms. The maximum atomic E-state index is 11.8. The summed E-state index contributed by atoms with van der Waals surface area (Å²) in [5, 5.41) is 2.23. The van der Waals surface area contributed by atoms with Gasteiger partial charge < -0.3 is 5.32 Å². The second kappa shape index (κ2) is 5.24. The quantitative estimate of drug-likeness (QED) is 0.843. The number of carbonyl (C=O) groups excluding carboxylic acids is 1. The molecule has 0 aliphatic carbocycles. The Labute approximate surface area is 110 Å². The second-order valence-corrected chi connectivity index (χ2v) is 6.94. The van der Waals surface area contributed by atoms with Crippen LogP contribution in [0, 0.1) is 0 Å². The van der Waals surface area contributed by atoms with Crippen LogP contribution in [0.15, 0.2) is 18.3 Å². The van der Waals surface area contributed by atoms with Gasteiger partial charge in [-0.25, -0.2) is 13.4 Å². The molecule has 1 aliphatic heterocycles. The zero-order valence-corrected chi connectivity index (χ0v) is 11.2. The van der Waals surface area contributed by atoms with Crippen molar-refractivity contribution in [3.8, 4) is 0 Å². The number of hydrogen-bond donors (Lipinski definition) is 1. The lowest BCUT2D eigenvalue weighted by atomic mass is 10.2. The van der Waals surface area contributed by atoms with Gasteiger partial charge in [-0.3, -0.25) is 4.79 Å². The van der Waals surface area contributed by atoms with E-state index in [4.69, 9.17) is 11.6 Å². The third-order valence-electron chi connectivity index (χ3n) is 2.96. The largest absolute Gasteiger partial charge is 0.351 e. The summed E-state index contributed by atoms with van der Waals surface area (Å²) in [5.41, 5.74) is 0.259. The lowest BCUT2D eigenvalue weighted by molar-refractivity contribution is 0.0953. The first-order valence-corrected chi connectivity index (χ1v) is 7.70. The fourth-order valence-corrected chi connectivity index (χ4v) is 3.92. The van der Waals surface area contributed by atoms with Gasteiger partial charge >= 0.3 is 0 Å². The summed E-state index contributed by atoms with van der Waals surface area (Å²) in [6, 6.07) is 3.15. The molecule has 1 aromatic rings. The van der Waals surface area contributed by atoms with Crippen LogP contribution >= 0.6 is 11.6 Å². The van der Waals surface area contributed by atoms with Gasteiger partial charge in [0.1, 0.15) is 5.15 Å². The second-order valence-electron chi connectivity index (χ2n) is 4.18. The molecule has 1 N–H and O–H groups in total. The Morgan fingerprint density at radius 3 is 2.94 bits per heavy atom. The summed E-state index contributed by atoms with van der Waals surface area (Å²) in [7, 11) is -3.04. The van der Waals surface area contributed by atoms with Crippen LogP contribution in [0.5, 0.6) is 0 Å². The highest BCUT2D eigenvalue weighted by atomic mass is 35.5. The Morgan fingerprint density at radius 1 is 1.56 bits per heavy atom. The van der Waals surface area contributed by atoms with Gasteiger partial charge in [0.15, 0.2) is 9.84 Å². The first kappa shape index (κ1) is 13.3. The maximum absolute atomic E-state index is 11.8. The number of pyridine rings is 1. The van der Waals surface area contributed by atoms with Crippen LogP contribution in [-0.2, 0) is 9.84 Å². The van der Waals surface area contributed by atoms with E-state index >= 15 is 0 Å². The number of sulfone groups is 1. The molecule has 1 amide bonds. The van der Waals surface area contributed by atoms with Gasteiger partial charge in [0.25, 0.3) is 5.91 Å². The van der Waals surface area contributed by atoms with Crippen LogP contribution in [0.25, 0.3) is 0 Å². The van der Waals surface area contributed by atoms with E-state index in [-0.39, 0.29) is 23.0 Å². The molecule has 1 saturated heterocycles. The van der Waals surface area contributed by atoms with Crippen LogP contribution in [-0.4, -0.2) is 36.9 Å². The van der Waals surface area contributed by atoms with E-state index in [2.05, 4.69) is 10.3 Å². The summed E-state index contributed by atoms with van der Waals surface area (Å²) in [6.07, 6.45) is 2.75. The summed E-state index contributed by atoms with van der Waals surface area (Å²) in [5.74, 6) is -0.184. The van der Waals surface area contributed by atoms with E-state index < -0.39 is 21.0 Å². The van der Waals surface area contributed by atoms with Crippen molar-refractivity contribution in [3.05, 3.63) is 29.0 Å². The van der Waals surface area contributed by atoms with E-state index in [9.17, 15) is 13.2 Å². The molecule has 98 valence electrons. The average molecular weight is 289 g/mol. The van der Waals surface area contributed by atoms with Gasteiger partial charge in [0.2, 0.25) is 0 Å². The fraction of sp³-hybridized carbons (Fsp3) is 0.455. The van der Waals surface area contributed by atoms with Crippen molar-refractivity contribution in [1.82, 2.24) is 10.3 Å². The number of nitrogens with one attached hydrogen (secondary N) is 1. The molecular formula is C11H13ClN2O3S. The van der Waals surface area contributed by atoms with Crippen molar-refractivity contribution in [2.45, 2.75) is 18.1 Å². The predicted molar refractivity (Wildman–Crippen MR) is 68.4 cm³/mol. The Bertz CT molecular complexity index is 559. The van der Waals surface area contributed by atoms with Gasteiger partial charge in [-0.2, -0.15) is 0 Å². The molecule has 1 fully saturated rings. The maximum Gasteiger partial charge on any atom is 0.254 e. The van der Waals surface area contributed by atoms with E-state index in [1.165, 1.54) is 6.20 Å². The fourth-order valence-electron chi connectivity index (χ4n) is 1.94. The number of hydrogen-bond acceptors (Lipinski definition) is 4. The SMILES string of the molecule is O=C(NCC1CCCS1(=O)=O)c1cccnc1Cl. The molecule has 1 aliphatic rings. The Morgan fingerprint density at radius 2 is 2.33 bits per heavy atom. The Kier molecular flexibility index (Phi) is 3.87. The third kappa shape index (κ3) is 2.81. The molecule has 0 saturated carbocycles. The minimum Gasteiger partial charge on any atom is -0.351 e. The normalized spacial score (nSPS) is 21.7. The van der Waals surface area contributed by atoms with Crippen LogP contribution in [0.4, 0.5) is 0 Å². The van der Waals surface area contributed by atoms with Gasteiger partial charge in [0, 0.05) is 12.7 Å². The minimum absolute atomic E-state index is 0.115. The minimum atomic E-state index is -3.04. The molecule has 18 heavy (non-hydrogen) atoms. The Hall–Kier alpha value is -1.14. The number of aromatic nitrogens is 1. The summed E-state index contributed by atoms with van der Waals surface area (Å²) < 4.78 is 23.2. The molecule has 1 atom stereocenters. The molecule has 5 nitrogen and oxygen atoms in total.